The average Bonchev–Trinajstić information content (AvgIpc) is 3.67. The summed E-state index contributed by atoms with van der Waals surface area (Å²) in [6.45, 7) is -1.88. The van der Waals surface area contributed by atoms with Gasteiger partial charge in [0.05, 0.1) is 44.4 Å². The molecule has 0 spiro atoms. The number of rotatable bonds is 28. The molecule has 2 heterocycles. The first-order valence-electron chi connectivity index (χ1n) is 21.7. The molecule has 2 aromatic rings. The minimum absolute atomic E-state index is 0.0488. The van der Waals surface area contributed by atoms with Crippen molar-refractivity contribution < 1.29 is 76.5 Å². The minimum atomic E-state index is -3.22. The number of likely N-dealkylation sites (tertiary alicyclic amines) is 1. The molecule has 1 aliphatic heterocycles. The molecule has 5 atom stereocenters. The molecule has 390 valence electrons. The number of amides is 9. The monoisotopic (exact) mass is 1050 g/mol. The van der Waals surface area contributed by atoms with Crippen LogP contribution < -0.4 is 47.3 Å². The Labute approximate surface area is 420 Å². The number of alkyl halides is 2. The van der Waals surface area contributed by atoms with Crippen LogP contribution in [0, 0.1) is 11.3 Å². The van der Waals surface area contributed by atoms with Gasteiger partial charge >= 0.3 is 11.9 Å². The Morgan fingerprint density at radius 1 is 0.764 bits per heavy atom. The quantitative estimate of drug-likeness (QED) is 0.0310. The van der Waals surface area contributed by atoms with Crippen LogP contribution in [-0.2, 0) is 47.9 Å². The Morgan fingerprint density at radius 3 is 1.90 bits per heavy atom. The molecule has 9 amide bonds. The van der Waals surface area contributed by atoms with Gasteiger partial charge in [-0.3, -0.25) is 57.7 Å². The Hall–Kier alpha value is -7.61. The van der Waals surface area contributed by atoms with E-state index >= 15 is 0 Å². The van der Waals surface area contributed by atoms with Crippen molar-refractivity contribution >= 4 is 90.4 Å². The number of carbonyl (C=O) groups excluding carboxylic acids is 9. The molecule has 29 heteroatoms. The fraction of sp³-hybridized carbons (Fsp3) is 0.465. The molecule has 0 radical (unpaired) electrons. The molecule has 0 unspecified atom stereocenters. The summed E-state index contributed by atoms with van der Waals surface area (Å²) in [7, 11) is 0. The second-order valence-corrected chi connectivity index (χ2v) is 16.4. The summed E-state index contributed by atoms with van der Waals surface area (Å²) in [5.74, 6) is -13.5. The van der Waals surface area contributed by atoms with E-state index in [2.05, 4.69) is 72.8 Å². The van der Waals surface area contributed by atoms with E-state index in [9.17, 15) is 71.9 Å². The Balaban J connectivity index is 1.46. The predicted octanol–water partition coefficient (Wildman–Crippen LogP) is -2.49. The standard InChI is InChI=1S/C43H53F2N11O14S2/c1-23(57)52-30(7-9-37(63)64)41(68)55-31(20-71)40(67)50-18-34(59)53-32(21-72)42(69)54-29(6-8-36(61)62)39(66)49-17-33(58)48-12-13-70-26-4-2-24(3-5-26)28-16-47-11-10-27(28)38(65)51-19-35(60)56-22-43(44,45)14-25(56)15-46/h2-5,10-11,16,25,29-32,71-72H,6-9,12-14,17-22H2,1H3,(H,48,58)(H,49,66)(H,50,67)(H,51,65)(H,52,57)(H,53,59)(H,54,69)(H,55,68)(H,61,62)(H,63,64)/t25-,29-,30-,31-,32-/m0/s1. The number of hydrogen-bond acceptors (Lipinski definition) is 16. The third-order valence-electron chi connectivity index (χ3n) is 10.2. The Morgan fingerprint density at radius 2 is 1.32 bits per heavy atom. The number of nitrogens with one attached hydrogen (secondary N) is 8. The van der Waals surface area contributed by atoms with Crippen molar-refractivity contribution in [2.75, 3.05) is 50.8 Å². The molecule has 10 N–H and O–H groups in total. The number of pyridine rings is 1. The summed E-state index contributed by atoms with van der Waals surface area (Å²) in [4.78, 5) is 141. The Bertz CT molecular complexity index is 2380. The SMILES string of the molecule is CC(=O)N[C@@H](CCC(=O)O)C(=O)N[C@@H](CS)C(=O)NCC(=O)N[C@@H](CS)C(=O)N[C@@H](CCC(=O)O)C(=O)NCC(=O)NCCOc1ccc(-c2cnccc2C(=O)NCC(=O)N2CC(F)(F)C[C@H]2C#N)cc1. The van der Waals surface area contributed by atoms with Crippen LogP contribution in [0.2, 0.25) is 0 Å². The summed E-state index contributed by atoms with van der Waals surface area (Å²) in [6.07, 6.45) is 0.195. The Kier molecular flexibility index (Phi) is 23.6. The number of ether oxygens (including phenoxy) is 1. The molecule has 25 nitrogen and oxygen atoms in total. The van der Waals surface area contributed by atoms with Crippen LogP contribution in [0.3, 0.4) is 0 Å². The fourth-order valence-electron chi connectivity index (χ4n) is 6.60. The summed E-state index contributed by atoms with van der Waals surface area (Å²) in [5, 5.41) is 46.0. The number of halogens is 2. The highest BCUT2D eigenvalue weighted by atomic mass is 32.1. The maximum absolute atomic E-state index is 13.8. The molecule has 3 rings (SSSR count). The van der Waals surface area contributed by atoms with E-state index in [1.807, 2.05) is 0 Å². The summed E-state index contributed by atoms with van der Waals surface area (Å²) in [6, 6.07) is 2.54. The minimum Gasteiger partial charge on any atom is -0.492 e. The number of nitrogens with zero attached hydrogens (tertiary/aromatic N) is 3. The van der Waals surface area contributed by atoms with Gasteiger partial charge in [0.2, 0.25) is 47.3 Å². The van der Waals surface area contributed by atoms with E-state index in [-0.39, 0.29) is 36.6 Å². The van der Waals surface area contributed by atoms with E-state index in [0.29, 0.717) is 16.9 Å². The zero-order chi connectivity index (χ0) is 53.5. The number of carbonyl (C=O) groups is 11. The third-order valence-corrected chi connectivity index (χ3v) is 10.9. The van der Waals surface area contributed by atoms with Gasteiger partial charge in [-0.25, -0.2) is 8.78 Å². The van der Waals surface area contributed by atoms with Crippen LogP contribution in [-0.4, -0.2) is 172 Å². The molecule has 0 saturated carbocycles. The van der Waals surface area contributed by atoms with Crippen molar-refractivity contribution in [2.45, 2.75) is 75.2 Å². The normalized spacial score (nSPS) is 15.1. The molecular weight excluding hydrogens is 997 g/mol. The number of thiol groups is 2. The number of aliphatic carboxylic acids is 2. The first-order chi connectivity index (χ1) is 34.1. The topological polar surface area (TPSA) is 374 Å². The molecule has 0 aliphatic carbocycles. The van der Waals surface area contributed by atoms with Crippen molar-refractivity contribution in [3.8, 4) is 22.9 Å². The molecule has 1 aromatic carbocycles. The highest BCUT2D eigenvalue weighted by Crippen LogP contribution is 2.31. The lowest BCUT2D eigenvalue weighted by atomic mass is 10.0. The van der Waals surface area contributed by atoms with Gasteiger partial charge in [-0.15, -0.1) is 0 Å². The molecule has 1 aliphatic rings. The zero-order valence-electron chi connectivity index (χ0n) is 38.4. The largest absolute Gasteiger partial charge is 0.492 e. The average molecular weight is 1050 g/mol. The molecule has 72 heavy (non-hydrogen) atoms. The van der Waals surface area contributed by atoms with Gasteiger partial charge in [0, 0.05) is 55.6 Å². The van der Waals surface area contributed by atoms with Crippen LogP contribution in [0.1, 0.15) is 49.4 Å². The smallest absolute Gasteiger partial charge is 0.303 e. The van der Waals surface area contributed by atoms with E-state index in [1.54, 1.807) is 30.3 Å². The zero-order valence-corrected chi connectivity index (χ0v) is 40.2. The first kappa shape index (κ1) is 58.7. The van der Waals surface area contributed by atoms with Crippen molar-refractivity contribution in [1.29, 1.82) is 5.26 Å². The van der Waals surface area contributed by atoms with Gasteiger partial charge in [0.25, 0.3) is 11.8 Å². The maximum Gasteiger partial charge on any atom is 0.303 e. The lowest BCUT2D eigenvalue weighted by Gasteiger charge is -2.23. The molecular formula is C43H53F2N11O14S2. The van der Waals surface area contributed by atoms with E-state index in [1.165, 1.54) is 18.5 Å². The number of aromatic nitrogens is 1. The van der Waals surface area contributed by atoms with Crippen molar-refractivity contribution in [1.82, 2.24) is 52.4 Å². The van der Waals surface area contributed by atoms with Crippen molar-refractivity contribution in [3.05, 3.63) is 48.3 Å². The van der Waals surface area contributed by atoms with Crippen LogP contribution in [0.15, 0.2) is 42.7 Å². The lowest BCUT2D eigenvalue weighted by Crippen LogP contribution is -2.57. The van der Waals surface area contributed by atoms with Crippen LogP contribution in [0.5, 0.6) is 5.75 Å². The van der Waals surface area contributed by atoms with Crippen LogP contribution >= 0.6 is 25.3 Å². The van der Waals surface area contributed by atoms with Gasteiger partial charge < -0.3 is 62.4 Å². The fourth-order valence-corrected chi connectivity index (χ4v) is 7.11. The predicted molar refractivity (Wildman–Crippen MR) is 252 cm³/mol. The summed E-state index contributed by atoms with van der Waals surface area (Å²) in [5.41, 5.74) is 0.998. The summed E-state index contributed by atoms with van der Waals surface area (Å²) < 4.78 is 33.3. The van der Waals surface area contributed by atoms with Gasteiger partial charge in [0.15, 0.2) is 0 Å². The van der Waals surface area contributed by atoms with Crippen LogP contribution in [0.25, 0.3) is 11.1 Å². The molecule has 0 bridgehead atoms. The third kappa shape index (κ3) is 19.6. The summed E-state index contributed by atoms with van der Waals surface area (Å²) >= 11 is 8.08. The van der Waals surface area contributed by atoms with Crippen molar-refractivity contribution in [2.24, 2.45) is 0 Å². The van der Waals surface area contributed by atoms with Crippen LogP contribution in [0.4, 0.5) is 8.78 Å². The highest BCUT2D eigenvalue weighted by Gasteiger charge is 2.47. The first-order valence-corrected chi connectivity index (χ1v) is 23.0. The number of nitriles is 1. The molecule has 1 fully saturated rings. The molecule has 1 aromatic heterocycles. The van der Waals surface area contributed by atoms with E-state index in [0.717, 1.165) is 11.8 Å². The van der Waals surface area contributed by atoms with Gasteiger partial charge in [-0.1, -0.05) is 12.1 Å². The lowest BCUT2D eigenvalue weighted by molar-refractivity contribution is -0.139. The van der Waals surface area contributed by atoms with Crippen molar-refractivity contribution in [3.63, 3.8) is 0 Å². The van der Waals surface area contributed by atoms with Gasteiger partial charge in [0.1, 0.15) is 42.6 Å². The number of carboxylic acids is 2. The number of hydrogen-bond donors (Lipinski definition) is 12. The highest BCUT2D eigenvalue weighted by molar-refractivity contribution is 7.80. The number of carboxylic acid groups (broad SMARTS) is 2. The second-order valence-electron chi connectivity index (χ2n) is 15.7. The van der Waals surface area contributed by atoms with E-state index in [4.69, 9.17) is 9.84 Å². The number of benzene rings is 1. The second kappa shape index (κ2) is 28.9. The van der Waals surface area contributed by atoms with E-state index < -0.39 is 153 Å². The maximum atomic E-state index is 13.8. The molecule has 1 saturated heterocycles. The van der Waals surface area contributed by atoms with Gasteiger partial charge in [-0.05, 0) is 36.6 Å². The van der Waals surface area contributed by atoms with Gasteiger partial charge in [-0.2, -0.15) is 30.5 Å².